The lowest BCUT2D eigenvalue weighted by molar-refractivity contribution is -0.137. The zero-order valence-corrected chi connectivity index (χ0v) is 7.45. The summed E-state index contributed by atoms with van der Waals surface area (Å²) in [4.78, 5) is 14.6. The van der Waals surface area contributed by atoms with Gasteiger partial charge in [0.05, 0.1) is 6.26 Å². The molecule has 1 unspecified atom stereocenters. The molecule has 1 N–H and O–H groups in total. The van der Waals surface area contributed by atoms with Gasteiger partial charge < -0.3 is 9.52 Å². The molecular weight excluding hydrogens is 190 g/mol. The van der Waals surface area contributed by atoms with E-state index in [1.54, 1.807) is 18.4 Å². The van der Waals surface area contributed by atoms with Crippen LogP contribution in [0.5, 0.6) is 0 Å². The van der Waals surface area contributed by atoms with Crippen molar-refractivity contribution in [2.45, 2.75) is 6.04 Å². The van der Waals surface area contributed by atoms with Crippen molar-refractivity contribution in [3.8, 4) is 0 Å². The lowest BCUT2D eigenvalue weighted by atomic mass is 10.3. The molecule has 0 radical (unpaired) electrons. The van der Waals surface area contributed by atoms with Crippen LogP contribution in [0.4, 0.5) is 0 Å². The van der Waals surface area contributed by atoms with Crippen molar-refractivity contribution in [3.05, 3.63) is 24.2 Å². The molecule has 0 saturated heterocycles. The van der Waals surface area contributed by atoms with Gasteiger partial charge in [-0.1, -0.05) is 0 Å². The molecule has 0 aromatic carbocycles. The Hall–Kier alpha value is -1.23. The summed E-state index contributed by atoms with van der Waals surface area (Å²) in [5.41, 5.74) is 0. The Morgan fingerprint density at radius 1 is 1.77 bits per heavy atom. The summed E-state index contributed by atoms with van der Waals surface area (Å²) in [7, 11) is 0. The fourth-order valence-corrected chi connectivity index (χ4v) is 2.03. The maximum atomic E-state index is 10.6. The topological polar surface area (TPSA) is 62.8 Å². The van der Waals surface area contributed by atoms with Crippen LogP contribution in [0.2, 0.25) is 0 Å². The quantitative estimate of drug-likeness (QED) is 0.774. The number of furan rings is 1. The molecule has 68 valence electrons. The Morgan fingerprint density at radius 2 is 2.62 bits per heavy atom. The van der Waals surface area contributed by atoms with E-state index in [2.05, 4.69) is 4.99 Å². The zero-order valence-electron chi connectivity index (χ0n) is 6.64. The van der Waals surface area contributed by atoms with Crippen LogP contribution in [0.3, 0.4) is 0 Å². The minimum atomic E-state index is -0.881. The molecule has 2 rings (SSSR count). The van der Waals surface area contributed by atoms with Crippen LogP contribution in [0, 0.1) is 0 Å². The summed E-state index contributed by atoms with van der Waals surface area (Å²) in [6.45, 7) is 0. The van der Waals surface area contributed by atoms with E-state index < -0.39 is 12.0 Å². The average molecular weight is 197 g/mol. The molecule has 0 spiro atoms. The van der Waals surface area contributed by atoms with Crippen molar-refractivity contribution >= 4 is 22.8 Å². The summed E-state index contributed by atoms with van der Waals surface area (Å²) in [5, 5.41) is 9.36. The molecule has 0 fully saturated rings. The van der Waals surface area contributed by atoms with Crippen LogP contribution in [0.15, 0.2) is 27.8 Å². The lowest BCUT2D eigenvalue weighted by Gasteiger charge is -1.93. The van der Waals surface area contributed by atoms with Gasteiger partial charge in [0.15, 0.2) is 11.8 Å². The minimum Gasteiger partial charge on any atom is -0.480 e. The monoisotopic (exact) mass is 197 g/mol. The van der Waals surface area contributed by atoms with E-state index in [0.29, 0.717) is 16.6 Å². The molecule has 1 aliphatic heterocycles. The van der Waals surface area contributed by atoms with E-state index in [-0.39, 0.29) is 0 Å². The standard InChI is InChI=1S/C8H7NO3S/c10-8(11)5-4-13-7(9-5)6-2-1-3-12-6/h1-3,5H,4H2,(H,10,11). The highest BCUT2D eigenvalue weighted by molar-refractivity contribution is 8.14. The first-order chi connectivity index (χ1) is 6.27. The molecule has 0 saturated carbocycles. The molecule has 1 aliphatic rings. The van der Waals surface area contributed by atoms with Gasteiger partial charge >= 0.3 is 5.97 Å². The molecule has 0 amide bonds. The minimum absolute atomic E-state index is 0.491. The highest BCUT2D eigenvalue weighted by Crippen LogP contribution is 2.23. The number of aliphatic carboxylic acids is 1. The van der Waals surface area contributed by atoms with Gasteiger partial charge in [0.1, 0.15) is 5.04 Å². The van der Waals surface area contributed by atoms with Crippen molar-refractivity contribution < 1.29 is 14.3 Å². The van der Waals surface area contributed by atoms with Crippen molar-refractivity contribution in [2.75, 3.05) is 5.75 Å². The third-order valence-corrected chi connectivity index (χ3v) is 2.73. The molecule has 1 aromatic heterocycles. The van der Waals surface area contributed by atoms with Gasteiger partial charge in [-0.05, 0) is 12.1 Å². The Bertz CT molecular complexity index is 344. The van der Waals surface area contributed by atoms with Crippen molar-refractivity contribution in [1.29, 1.82) is 0 Å². The first kappa shape index (κ1) is 8.37. The molecule has 1 aromatic rings. The number of carbonyl (C=O) groups is 1. The highest BCUT2D eigenvalue weighted by atomic mass is 32.2. The summed E-state index contributed by atoms with van der Waals surface area (Å²) in [6, 6.07) is 2.91. The van der Waals surface area contributed by atoms with E-state index in [9.17, 15) is 4.79 Å². The maximum Gasteiger partial charge on any atom is 0.329 e. The first-order valence-corrected chi connectivity index (χ1v) is 4.73. The normalized spacial score (nSPS) is 21.5. The fourth-order valence-electron chi connectivity index (χ4n) is 1.04. The molecule has 2 heterocycles. The van der Waals surface area contributed by atoms with Crippen molar-refractivity contribution in [1.82, 2.24) is 0 Å². The number of carboxylic acid groups (broad SMARTS) is 1. The molecule has 0 bridgehead atoms. The number of hydrogen-bond donors (Lipinski definition) is 1. The Morgan fingerprint density at radius 3 is 3.15 bits per heavy atom. The third kappa shape index (κ3) is 1.60. The highest BCUT2D eigenvalue weighted by Gasteiger charge is 2.26. The van der Waals surface area contributed by atoms with Gasteiger partial charge in [-0.15, -0.1) is 11.8 Å². The predicted molar refractivity (Wildman–Crippen MR) is 49.1 cm³/mol. The van der Waals surface area contributed by atoms with Gasteiger partial charge in [-0.25, -0.2) is 4.79 Å². The summed E-state index contributed by atoms with van der Waals surface area (Å²) >= 11 is 1.41. The SMILES string of the molecule is O=C(O)C1CSC(c2ccco2)=N1. The predicted octanol–water partition coefficient (Wildman–Crippen LogP) is 1.23. The Labute approximate surface area is 78.7 Å². The maximum absolute atomic E-state index is 10.6. The average Bonchev–Trinajstić information content (AvgIpc) is 2.75. The largest absolute Gasteiger partial charge is 0.480 e. The van der Waals surface area contributed by atoms with Gasteiger partial charge in [-0.2, -0.15) is 0 Å². The van der Waals surface area contributed by atoms with E-state index in [1.807, 2.05) is 0 Å². The second kappa shape index (κ2) is 3.26. The number of rotatable bonds is 2. The first-order valence-electron chi connectivity index (χ1n) is 3.74. The molecule has 4 nitrogen and oxygen atoms in total. The van der Waals surface area contributed by atoms with Crippen LogP contribution >= 0.6 is 11.8 Å². The van der Waals surface area contributed by atoms with Crippen LogP contribution < -0.4 is 0 Å². The number of thioether (sulfide) groups is 1. The number of carboxylic acids is 1. The van der Waals surface area contributed by atoms with Crippen molar-refractivity contribution in [2.24, 2.45) is 4.99 Å². The van der Waals surface area contributed by atoms with Gasteiger partial charge in [0.25, 0.3) is 0 Å². The van der Waals surface area contributed by atoms with E-state index >= 15 is 0 Å². The van der Waals surface area contributed by atoms with E-state index in [0.717, 1.165) is 0 Å². The summed E-state index contributed by atoms with van der Waals surface area (Å²) in [5.74, 6) is 0.258. The van der Waals surface area contributed by atoms with Gasteiger partial charge in [-0.3, -0.25) is 4.99 Å². The number of nitrogens with zero attached hydrogens (tertiary/aromatic N) is 1. The smallest absolute Gasteiger partial charge is 0.329 e. The summed E-state index contributed by atoms with van der Waals surface area (Å²) in [6.07, 6.45) is 1.55. The van der Waals surface area contributed by atoms with Gasteiger partial charge in [0, 0.05) is 5.75 Å². The zero-order chi connectivity index (χ0) is 9.26. The lowest BCUT2D eigenvalue weighted by Crippen LogP contribution is -2.17. The van der Waals surface area contributed by atoms with Crippen LogP contribution in [-0.2, 0) is 4.79 Å². The molecule has 13 heavy (non-hydrogen) atoms. The number of hydrogen-bond acceptors (Lipinski definition) is 4. The van der Waals surface area contributed by atoms with E-state index in [4.69, 9.17) is 9.52 Å². The van der Waals surface area contributed by atoms with Crippen molar-refractivity contribution in [3.63, 3.8) is 0 Å². The molecule has 5 heteroatoms. The Kier molecular flexibility index (Phi) is 2.10. The molecule has 0 aliphatic carbocycles. The van der Waals surface area contributed by atoms with Gasteiger partial charge in [0.2, 0.25) is 0 Å². The van der Waals surface area contributed by atoms with Crippen LogP contribution in [0.1, 0.15) is 5.76 Å². The third-order valence-electron chi connectivity index (χ3n) is 1.67. The number of aliphatic imine (C=N–C) groups is 1. The molecular formula is C8H7NO3S. The fraction of sp³-hybridized carbons (Fsp3) is 0.250. The molecule has 1 atom stereocenters. The second-order valence-electron chi connectivity index (χ2n) is 2.58. The van der Waals surface area contributed by atoms with E-state index in [1.165, 1.54) is 11.8 Å². The van der Waals surface area contributed by atoms with Crippen LogP contribution in [-0.4, -0.2) is 27.9 Å². The summed E-state index contributed by atoms with van der Waals surface area (Å²) < 4.78 is 5.10. The van der Waals surface area contributed by atoms with Crippen LogP contribution in [0.25, 0.3) is 0 Å². The Balaban J connectivity index is 2.20. The second-order valence-corrected chi connectivity index (χ2v) is 3.59.